The molecule has 3 rings (SSSR count). The Balaban J connectivity index is 1.70. The molecule has 1 saturated carbocycles. The normalized spacial score (nSPS) is 22.4. The quantitative estimate of drug-likeness (QED) is 0.558. The number of allylic oxidation sites excluding steroid dienone is 1. The first-order valence-corrected chi connectivity index (χ1v) is 10.0. The lowest BCUT2D eigenvalue weighted by Gasteiger charge is -2.36. The molecule has 2 unspecified atom stereocenters. The number of hydrogen-bond acceptors (Lipinski definition) is 4. The van der Waals surface area contributed by atoms with Crippen molar-refractivity contribution < 1.29 is 4.79 Å². The van der Waals surface area contributed by atoms with Gasteiger partial charge in [-0.15, -0.1) is 16.8 Å². The lowest BCUT2D eigenvalue weighted by molar-refractivity contribution is -0.134. The maximum atomic E-state index is 12.9. The van der Waals surface area contributed by atoms with Gasteiger partial charge in [-0.05, 0) is 45.4 Å². The van der Waals surface area contributed by atoms with Gasteiger partial charge >= 0.3 is 0 Å². The van der Waals surface area contributed by atoms with Gasteiger partial charge in [0.2, 0.25) is 5.91 Å². The highest BCUT2D eigenvalue weighted by atomic mass is 32.2. The highest BCUT2D eigenvalue weighted by Crippen LogP contribution is 2.40. The lowest BCUT2D eigenvalue weighted by atomic mass is 10.00. The van der Waals surface area contributed by atoms with Gasteiger partial charge in [0.05, 0.1) is 5.25 Å². The molecule has 1 aromatic rings. The minimum Gasteiger partial charge on any atom is -0.339 e. The van der Waals surface area contributed by atoms with E-state index in [1.54, 1.807) is 11.8 Å². The van der Waals surface area contributed by atoms with Crippen molar-refractivity contribution >= 4 is 17.7 Å². The Morgan fingerprint density at radius 1 is 1.38 bits per heavy atom. The lowest BCUT2D eigenvalue weighted by Crippen LogP contribution is -2.46. The molecule has 1 saturated heterocycles. The zero-order valence-electron chi connectivity index (χ0n) is 14.8. The second-order valence-corrected chi connectivity index (χ2v) is 8.17. The molecule has 0 aromatic carbocycles. The molecule has 5 nitrogen and oxygen atoms in total. The van der Waals surface area contributed by atoms with Crippen LogP contribution in [0.25, 0.3) is 0 Å². The monoisotopic (exact) mass is 348 g/mol. The van der Waals surface area contributed by atoms with Crippen LogP contribution in [-0.4, -0.2) is 43.4 Å². The number of thioether (sulfide) groups is 1. The van der Waals surface area contributed by atoms with Crippen LogP contribution in [0.1, 0.15) is 64.1 Å². The standard InChI is InChI=1S/C18H28N4OS/c1-4-11-22-16(14-9-10-14)19-20-18(22)24-13(3)17(23)21-12-7-6-8-15(21)5-2/h4,13-15H,1,5-12H2,2-3H3. The molecule has 2 heterocycles. The molecule has 132 valence electrons. The smallest absolute Gasteiger partial charge is 0.236 e. The topological polar surface area (TPSA) is 51.0 Å². The van der Waals surface area contributed by atoms with Crippen molar-refractivity contribution in [1.29, 1.82) is 0 Å². The summed E-state index contributed by atoms with van der Waals surface area (Å²) in [6, 6.07) is 0.405. The number of piperidine rings is 1. The molecule has 0 spiro atoms. The van der Waals surface area contributed by atoms with Gasteiger partial charge in [-0.3, -0.25) is 4.79 Å². The summed E-state index contributed by atoms with van der Waals surface area (Å²) in [4.78, 5) is 15.0. The van der Waals surface area contributed by atoms with Crippen LogP contribution < -0.4 is 0 Å². The average Bonchev–Trinajstić information content (AvgIpc) is 3.38. The maximum absolute atomic E-state index is 12.9. The highest BCUT2D eigenvalue weighted by Gasteiger charge is 2.33. The van der Waals surface area contributed by atoms with Gasteiger partial charge in [0.15, 0.2) is 5.16 Å². The van der Waals surface area contributed by atoms with Crippen LogP contribution in [0, 0.1) is 0 Å². The van der Waals surface area contributed by atoms with Crippen molar-refractivity contribution in [2.45, 2.75) is 81.3 Å². The fourth-order valence-corrected chi connectivity index (χ4v) is 4.42. The van der Waals surface area contributed by atoms with E-state index in [-0.39, 0.29) is 11.2 Å². The molecule has 6 heteroatoms. The van der Waals surface area contributed by atoms with Crippen molar-refractivity contribution in [2.24, 2.45) is 0 Å². The maximum Gasteiger partial charge on any atom is 0.236 e. The van der Waals surface area contributed by atoms with Crippen LogP contribution in [0.3, 0.4) is 0 Å². The van der Waals surface area contributed by atoms with Gasteiger partial charge in [0.1, 0.15) is 5.82 Å². The third-order valence-corrected chi connectivity index (χ3v) is 6.08. The second-order valence-electron chi connectivity index (χ2n) is 6.86. The Morgan fingerprint density at radius 2 is 2.17 bits per heavy atom. The first-order chi connectivity index (χ1) is 11.7. The first kappa shape index (κ1) is 17.5. The summed E-state index contributed by atoms with van der Waals surface area (Å²) in [5.41, 5.74) is 0. The van der Waals surface area contributed by atoms with E-state index in [2.05, 4.69) is 33.2 Å². The van der Waals surface area contributed by atoms with Crippen molar-refractivity contribution in [3.63, 3.8) is 0 Å². The molecule has 1 aliphatic carbocycles. The van der Waals surface area contributed by atoms with Gasteiger partial charge in [-0.25, -0.2) is 0 Å². The number of amides is 1. The summed E-state index contributed by atoms with van der Waals surface area (Å²) in [6.07, 6.45) is 8.81. The van der Waals surface area contributed by atoms with E-state index < -0.39 is 0 Å². The predicted molar refractivity (Wildman–Crippen MR) is 97.2 cm³/mol. The Hall–Kier alpha value is -1.30. The largest absolute Gasteiger partial charge is 0.339 e. The van der Waals surface area contributed by atoms with Gasteiger partial charge in [-0.2, -0.15) is 0 Å². The van der Waals surface area contributed by atoms with Crippen LogP contribution in [0.4, 0.5) is 0 Å². The summed E-state index contributed by atoms with van der Waals surface area (Å²) < 4.78 is 2.13. The van der Waals surface area contributed by atoms with E-state index in [0.717, 1.165) is 36.8 Å². The molecule has 1 aromatic heterocycles. The molecule has 1 amide bonds. The van der Waals surface area contributed by atoms with Crippen molar-refractivity contribution in [2.75, 3.05) is 6.54 Å². The number of likely N-dealkylation sites (tertiary alicyclic amines) is 1. The molecule has 24 heavy (non-hydrogen) atoms. The third kappa shape index (κ3) is 3.68. The van der Waals surface area contributed by atoms with Gasteiger partial charge in [-0.1, -0.05) is 24.8 Å². The zero-order valence-corrected chi connectivity index (χ0v) is 15.6. The summed E-state index contributed by atoms with van der Waals surface area (Å²) in [7, 11) is 0. The van der Waals surface area contributed by atoms with E-state index in [1.807, 2.05) is 13.0 Å². The Morgan fingerprint density at radius 3 is 2.83 bits per heavy atom. The van der Waals surface area contributed by atoms with E-state index in [4.69, 9.17) is 0 Å². The van der Waals surface area contributed by atoms with E-state index in [9.17, 15) is 4.79 Å². The Kier molecular flexibility index (Phi) is 5.64. The number of aromatic nitrogens is 3. The van der Waals surface area contributed by atoms with Crippen molar-refractivity contribution in [3.8, 4) is 0 Å². The molecule has 0 N–H and O–H groups in total. The Bertz CT molecular complexity index is 596. The van der Waals surface area contributed by atoms with Gasteiger partial charge < -0.3 is 9.47 Å². The fraction of sp³-hybridized carbons (Fsp3) is 0.722. The van der Waals surface area contributed by atoms with E-state index in [0.29, 0.717) is 18.5 Å². The SMILES string of the molecule is C=CCn1c(SC(C)C(=O)N2CCCCC2CC)nnc1C1CC1. The molecule has 0 radical (unpaired) electrons. The first-order valence-electron chi connectivity index (χ1n) is 9.16. The van der Waals surface area contributed by atoms with Crippen molar-refractivity contribution in [3.05, 3.63) is 18.5 Å². The van der Waals surface area contributed by atoms with Crippen LogP contribution >= 0.6 is 11.8 Å². The zero-order chi connectivity index (χ0) is 17.1. The summed E-state index contributed by atoms with van der Waals surface area (Å²) in [6.45, 7) is 9.63. The van der Waals surface area contributed by atoms with Gasteiger partial charge in [0, 0.05) is 25.0 Å². The molecule has 0 bridgehead atoms. The molecular weight excluding hydrogens is 320 g/mol. The number of carbonyl (C=O) groups excluding carboxylic acids is 1. The number of hydrogen-bond donors (Lipinski definition) is 0. The van der Waals surface area contributed by atoms with Gasteiger partial charge in [0.25, 0.3) is 0 Å². The fourth-order valence-electron chi connectivity index (χ4n) is 3.49. The molecule has 2 atom stereocenters. The summed E-state index contributed by atoms with van der Waals surface area (Å²) in [5.74, 6) is 1.85. The molecule has 2 aliphatic rings. The van der Waals surface area contributed by atoms with Crippen molar-refractivity contribution in [1.82, 2.24) is 19.7 Å². The minimum atomic E-state index is -0.128. The molecule has 2 fully saturated rings. The van der Waals surface area contributed by atoms with Crippen LogP contribution in [0.15, 0.2) is 17.8 Å². The van der Waals surface area contributed by atoms with Crippen LogP contribution in [-0.2, 0) is 11.3 Å². The third-order valence-electron chi connectivity index (χ3n) is 5.01. The Labute approximate surface area is 148 Å². The van der Waals surface area contributed by atoms with Crippen LogP contribution in [0.2, 0.25) is 0 Å². The minimum absolute atomic E-state index is 0.128. The second kappa shape index (κ2) is 7.72. The van der Waals surface area contributed by atoms with E-state index in [1.165, 1.54) is 19.3 Å². The summed E-state index contributed by atoms with van der Waals surface area (Å²) in [5, 5.41) is 9.45. The highest BCUT2D eigenvalue weighted by molar-refractivity contribution is 8.00. The molecular formula is C18H28N4OS. The number of carbonyl (C=O) groups is 1. The average molecular weight is 349 g/mol. The molecule has 1 aliphatic heterocycles. The number of rotatable bonds is 7. The predicted octanol–water partition coefficient (Wildman–Crippen LogP) is 3.61. The van der Waals surface area contributed by atoms with Crippen LogP contribution in [0.5, 0.6) is 0 Å². The van der Waals surface area contributed by atoms with E-state index >= 15 is 0 Å². The summed E-state index contributed by atoms with van der Waals surface area (Å²) >= 11 is 1.54. The number of nitrogens with zero attached hydrogens (tertiary/aromatic N) is 4.